The second-order valence-electron chi connectivity index (χ2n) is 11.8. The Morgan fingerprint density at radius 2 is 0.898 bits per heavy atom. The van der Waals surface area contributed by atoms with Gasteiger partial charge >= 0.3 is 0 Å². The molecule has 0 spiro atoms. The Morgan fingerprint density at radius 3 is 1.41 bits per heavy atom. The molecule has 0 fully saturated rings. The maximum absolute atomic E-state index is 9.29. The number of fused-ring (bicyclic) bond motifs is 3. The summed E-state index contributed by atoms with van der Waals surface area (Å²) < 4.78 is 2.38. The molecule has 0 aliphatic rings. The van der Waals surface area contributed by atoms with E-state index in [9.17, 15) is 5.26 Å². The first-order chi connectivity index (χ1) is 24.2. The second kappa shape index (κ2) is 12.1. The van der Waals surface area contributed by atoms with Gasteiger partial charge in [0.2, 0.25) is 0 Å². The minimum absolute atomic E-state index is 0.672. The van der Waals surface area contributed by atoms with Gasteiger partial charge in [-0.15, -0.1) is 22.7 Å². The number of aromatic nitrogens is 2. The standard InChI is InChI=1S/C43H26N4S2/c44-27-28-9-10-34-26-33(12-11-32(34)25-28)29-13-19-35(20-14-29)47(36-21-15-30(16-22-36)42-45-38-5-1-3-7-40(38)48-42)37-23-17-31(18-24-37)43-46-39-6-2-4-8-41(39)49-43/h1-26H. The van der Waals surface area contributed by atoms with Crippen molar-refractivity contribution >= 4 is 70.9 Å². The number of para-hydroxylation sites is 2. The molecule has 9 aromatic rings. The molecule has 0 aliphatic carbocycles. The third-order valence-corrected chi connectivity index (χ3v) is 10.9. The average molecular weight is 663 g/mol. The fourth-order valence-electron chi connectivity index (χ4n) is 6.24. The summed E-state index contributed by atoms with van der Waals surface area (Å²) in [4.78, 5) is 12.0. The lowest BCUT2D eigenvalue weighted by Gasteiger charge is -2.26. The van der Waals surface area contributed by atoms with Gasteiger partial charge in [0.1, 0.15) is 10.0 Å². The maximum Gasteiger partial charge on any atom is 0.124 e. The van der Waals surface area contributed by atoms with Crippen molar-refractivity contribution in [2.75, 3.05) is 4.90 Å². The molecule has 0 saturated heterocycles. The van der Waals surface area contributed by atoms with Crippen LogP contribution in [0.3, 0.4) is 0 Å². The molecule has 0 saturated carbocycles. The fourth-order valence-corrected chi connectivity index (χ4v) is 8.18. The Labute approximate surface area is 291 Å². The molecule has 2 heterocycles. The highest BCUT2D eigenvalue weighted by molar-refractivity contribution is 7.22. The number of thiazole rings is 2. The van der Waals surface area contributed by atoms with Crippen LogP contribution in [0.2, 0.25) is 0 Å². The number of anilines is 3. The van der Waals surface area contributed by atoms with Crippen LogP contribution in [-0.2, 0) is 0 Å². The summed E-state index contributed by atoms with van der Waals surface area (Å²) >= 11 is 3.43. The third-order valence-electron chi connectivity index (χ3n) is 8.76. The van der Waals surface area contributed by atoms with Gasteiger partial charge in [0.05, 0.1) is 32.1 Å². The number of nitriles is 1. The van der Waals surface area contributed by atoms with Crippen LogP contribution < -0.4 is 4.90 Å². The highest BCUT2D eigenvalue weighted by Gasteiger charge is 2.15. The van der Waals surface area contributed by atoms with E-state index in [1.807, 2.05) is 30.3 Å². The summed E-state index contributed by atoms with van der Waals surface area (Å²) in [5, 5.41) is 13.5. The molecule has 2 aromatic heterocycles. The first-order valence-electron chi connectivity index (χ1n) is 16.0. The highest BCUT2D eigenvalue weighted by Crippen LogP contribution is 2.39. The van der Waals surface area contributed by atoms with E-state index in [0.717, 1.165) is 71.1 Å². The van der Waals surface area contributed by atoms with Gasteiger partial charge in [-0.25, -0.2) is 9.97 Å². The molecule has 4 nitrogen and oxygen atoms in total. The van der Waals surface area contributed by atoms with Gasteiger partial charge in [-0.1, -0.05) is 54.6 Å². The summed E-state index contributed by atoms with van der Waals surface area (Å²) in [5.41, 5.74) is 10.4. The Hall–Kier alpha value is -6.13. The molecule has 9 rings (SSSR count). The first-order valence-corrected chi connectivity index (χ1v) is 17.6. The Bertz CT molecular complexity index is 2480. The first kappa shape index (κ1) is 29.0. The predicted molar refractivity (Wildman–Crippen MR) is 206 cm³/mol. The summed E-state index contributed by atoms with van der Waals surface area (Å²) in [6, 6.07) is 57.1. The van der Waals surface area contributed by atoms with Crippen LogP contribution in [0.4, 0.5) is 17.1 Å². The van der Waals surface area contributed by atoms with Crippen LogP contribution in [0.1, 0.15) is 5.56 Å². The van der Waals surface area contributed by atoms with E-state index in [0.29, 0.717) is 5.56 Å². The lowest BCUT2D eigenvalue weighted by Crippen LogP contribution is -2.09. The van der Waals surface area contributed by atoms with Gasteiger partial charge in [0.25, 0.3) is 0 Å². The highest BCUT2D eigenvalue weighted by atomic mass is 32.1. The van der Waals surface area contributed by atoms with Crippen molar-refractivity contribution in [1.82, 2.24) is 9.97 Å². The lowest BCUT2D eigenvalue weighted by atomic mass is 9.99. The summed E-state index contributed by atoms with van der Waals surface area (Å²) in [7, 11) is 0. The van der Waals surface area contributed by atoms with Gasteiger partial charge in [0.15, 0.2) is 0 Å². The van der Waals surface area contributed by atoms with Crippen molar-refractivity contribution in [2.45, 2.75) is 0 Å². The molecule has 0 radical (unpaired) electrons. The molecule has 7 aromatic carbocycles. The molecule has 0 N–H and O–H groups in total. The minimum Gasteiger partial charge on any atom is -0.311 e. The van der Waals surface area contributed by atoms with Crippen LogP contribution in [0.5, 0.6) is 0 Å². The fraction of sp³-hybridized carbons (Fsp3) is 0. The monoisotopic (exact) mass is 662 g/mol. The van der Waals surface area contributed by atoms with Gasteiger partial charge in [0, 0.05) is 28.2 Å². The zero-order valence-electron chi connectivity index (χ0n) is 26.1. The van der Waals surface area contributed by atoms with Crippen molar-refractivity contribution in [3.8, 4) is 38.3 Å². The molecule has 0 aliphatic heterocycles. The minimum atomic E-state index is 0.672. The van der Waals surface area contributed by atoms with Gasteiger partial charge < -0.3 is 4.90 Å². The number of hydrogen-bond acceptors (Lipinski definition) is 6. The summed E-state index contributed by atoms with van der Waals surface area (Å²) in [6.07, 6.45) is 0. The van der Waals surface area contributed by atoms with Crippen molar-refractivity contribution in [3.63, 3.8) is 0 Å². The Morgan fingerprint density at radius 1 is 0.449 bits per heavy atom. The Balaban J connectivity index is 1.08. The smallest absolute Gasteiger partial charge is 0.124 e. The molecule has 0 atom stereocenters. The molecular formula is C43H26N4S2. The van der Waals surface area contributed by atoms with Crippen LogP contribution in [0.15, 0.2) is 158 Å². The average Bonchev–Trinajstić information content (AvgIpc) is 3.81. The van der Waals surface area contributed by atoms with E-state index in [1.165, 1.54) is 9.40 Å². The molecule has 0 unspecified atom stereocenters. The maximum atomic E-state index is 9.29. The van der Waals surface area contributed by atoms with E-state index in [4.69, 9.17) is 9.97 Å². The zero-order valence-corrected chi connectivity index (χ0v) is 27.7. The van der Waals surface area contributed by atoms with Crippen LogP contribution in [0, 0.1) is 11.3 Å². The Kier molecular flexibility index (Phi) is 7.20. The van der Waals surface area contributed by atoms with Crippen molar-refractivity contribution in [1.29, 1.82) is 5.26 Å². The van der Waals surface area contributed by atoms with E-state index < -0.39 is 0 Å². The largest absolute Gasteiger partial charge is 0.311 e. The van der Waals surface area contributed by atoms with Crippen molar-refractivity contribution in [3.05, 3.63) is 163 Å². The molecule has 230 valence electrons. The molecule has 0 amide bonds. The van der Waals surface area contributed by atoms with E-state index >= 15 is 0 Å². The topological polar surface area (TPSA) is 52.8 Å². The van der Waals surface area contributed by atoms with E-state index in [1.54, 1.807) is 22.7 Å². The van der Waals surface area contributed by atoms with Crippen LogP contribution >= 0.6 is 22.7 Å². The number of nitrogens with zero attached hydrogens (tertiary/aromatic N) is 4. The third kappa shape index (κ3) is 5.51. The normalized spacial score (nSPS) is 11.2. The predicted octanol–water partition coefficient (Wildman–Crippen LogP) is 12.4. The van der Waals surface area contributed by atoms with Gasteiger partial charge in [-0.3, -0.25) is 0 Å². The summed E-state index contributed by atoms with van der Waals surface area (Å²) in [5.74, 6) is 0. The van der Waals surface area contributed by atoms with E-state index in [-0.39, 0.29) is 0 Å². The summed E-state index contributed by atoms with van der Waals surface area (Å²) in [6.45, 7) is 0. The van der Waals surface area contributed by atoms with Crippen LogP contribution in [-0.4, -0.2) is 9.97 Å². The SMILES string of the molecule is N#Cc1ccc2cc(-c3ccc(N(c4ccc(-c5nc6ccccc6s5)cc4)c4ccc(-c5nc6ccccc6s5)cc4)cc3)ccc2c1. The zero-order chi connectivity index (χ0) is 32.7. The molecular weight excluding hydrogens is 637 g/mol. The molecule has 49 heavy (non-hydrogen) atoms. The van der Waals surface area contributed by atoms with Gasteiger partial charge in [-0.05, 0) is 125 Å². The molecule has 6 heteroatoms. The van der Waals surface area contributed by atoms with Gasteiger partial charge in [-0.2, -0.15) is 5.26 Å². The van der Waals surface area contributed by atoms with Crippen LogP contribution in [0.25, 0.3) is 63.5 Å². The lowest BCUT2D eigenvalue weighted by molar-refractivity contribution is 1.28. The molecule has 0 bridgehead atoms. The van der Waals surface area contributed by atoms with Crippen molar-refractivity contribution < 1.29 is 0 Å². The quantitative estimate of drug-likeness (QED) is 0.178. The number of benzene rings is 7. The number of rotatable bonds is 6. The second-order valence-corrected chi connectivity index (χ2v) is 13.9. The van der Waals surface area contributed by atoms with Crippen molar-refractivity contribution in [2.24, 2.45) is 0 Å². The number of hydrogen-bond donors (Lipinski definition) is 0. The van der Waals surface area contributed by atoms with E-state index in [2.05, 4.69) is 138 Å².